The van der Waals surface area contributed by atoms with Crippen LogP contribution in [0.3, 0.4) is 0 Å². The lowest BCUT2D eigenvalue weighted by molar-refractivity contribution is -0.130. The zero-order chi connectivity index (χ0) is 17.6. The molecule has 7 nitrogen and oxygen atoms in total. The molecule has 4 rings (SSSR count). The van der Waals surface area contributed by atoms with Gasteiger partial charge in [-0.25, -0.2) is 0 Å². The molecule has 2 saturated heterocycles. The molecule has 1 N–H and O–H groups in total. The number of aromatic nitrogens is 2. The van der Waals surface area contributed by atoms with Crippen LogP contribution in [0.15, 0.2) is 0 Å². The molecule has 2 fully saturated rings. The summed E-state index contributed by atoms with van der Waals surface area (Å²) in [5.41, 5.74) is 2.49. The van der Waals surface area contributed by atoms with Crippen LogP contribution >= 0.6 is 0 Å². The number of hydrogen-bond acceptors (Lipinski definition) is 4. The maximum absolute atomic E-state index is 13.0. The molecule has 2 amide bonds. The summed E-state index contributed by atoms with van der Waals surface area (Å²) in [6.45, 7) is 6.27. The third-order valence-electron chi connectivity index (χ3n) is 5.74. The first-order chi connectivity index (χ1) is 12.0. The van der Waals surface area contributed by atoms with Gasteiger partial charge in [0, 0.05) is 44.1 Å². The maximum atomic E-state index is 13.0. The van der Waals surface area contributed by atoms with E-state index in [1.807, 2.05) is 23.6 Å². The van der Waals surface area contributed by atoms with Crippen molar-refractivity contribution in [3.8, 4) is 0 Å². The van der Waals surface area contributed by atoms with E-state index >= 15 is 0 Å². The summed E-state index contributed by atoms with van der Waals surface area (Å²) in [6.07, 6.45) is 4.13. The van der Waals surface area contributed by atoms with Crippen molar-refractivity contribution in [3.63, 3.8) is 0 Å². The number of carbonyl (C=O) groups excluding carboxylic acids is 2. The van der Waals surface area contributed by atoms with E-state index in [0.29, 0.717) is 31.2 Å². The molecule has 0 aliphatic carbocycles. The van der Waals surface area contributed by atoms with Gasteiger partial charge in [-0.05, 0) is 33.1 Å². The summed E-state index contributed by atoms with van der Waals surface area (Å²) in [4.78, 5) is 28.8. The first-order valence-corrected chi connectivity index (χ1v) is 9.36. The number of H-pyrrole nitrogens is 1. The molecular weight excluding hydrogens is 320 g/mol. The van der Waals surface area contributed by atoms with E-state index < -0.39 is 0 Å². The van der Waals surface area contributed by atoms with Crippen LogP contribution in [0, 0.1) is 0 Å². The summed E-state index contributed by atoms with van der Waals surface area (Å²) in [6, 6.07) is 0.292. The van der Waals surface area contributed by atoms with Crippen LogP contribution in [-0.2, 0) is 16.0 Å². The van der Waals surface area contributed by atoms with Gasteiger partial charge in [0.2, 0.25) is 5.91 Å². The highest BCUT2D eigenvalue weighted by atomic mass is 16.5. The Labute approximate surface area is 147 Å². The first kappa shape index (κ1) is 16.6. The highest BCUT2D eigenvalue weighted by Gasteiger charge is 2.35. The predicted molar refractivity (Wildman–Crippen MR) is 91.1 cm³/mol. The van der Waals surface area contributed by atoms with E-state index in [1.54, 1.807) is 0 Å². The fourth-order valence-corrected chi connectivity index (χ4v) is 4.44. The van der Waals surface area contributed by atoms with E-state index in [4.69, 9.17) is 4.74 Å². The molecule has 0 spiro atoms. The van der Waals surface area contributed by atoms with Gasteiger partial charge in [0.1, 0.15) is 0 Å². The van der Waals surface area contributed by atoms with Crippen molar-refractivity contribution < 1.29 is 14.3 Å². The smallest absolute Gasteiger partial charge is 0.274 e. The average Bonchev–Trinajstić information content (AvgIpc) is 3.21. The van der Waals surface area contributed by atoms with Gasteiger partial charge < -0.3 is 14.5 Å². The lowest BCUT2D eigenvalue weighted by Gasteiger charge is -2.36. The van der Waals surface area contributed by atoms with Crippen molar-refractivity contribution in [1.82, 2.24) is 20.0 Å². The Morgan fingerprint density at radius 1 is 1.24 bits per heavy atom. The fourth-order valence-electron chi connectivity index (χ4n) is 4.44. The number of carbonyl (C=O) groups is 2. The molecule has 3 aliphatic heterocycles. The molecule has 4 heterocycles. The Morgan fingerprint density at radius 2 is 2.00 bits per heavy atom. The van der Waals surface area contributed by atoms with Crippen LogP contribution < -0.4 is 0 Å². The molecule has 1 aromatic heterocycles. The van der Waals surface area contributed by atoms with Gasteiger partial charge in [-0.15, -0.1) is 0 Å². The largest absolute Gasteiger partial charge is 0.369 e. The van der Waals surface area contributed by atoms with Gasteiger partial charge in [0.15, 0.2) is 5.69 Å². The van der Waals surface area contributed by atoms with Gasteiger partial charge in [-0.3, -0.25) is 14.7 Å². The van der Waals surface area contributed by atoms with E-state index in [2.05, 4.69) is 10.2 Å². The lowest BCUT2D eigenvalue weighted by Crippen LogP contribution is -2.47. The quantitative estimate of drug-likeness (QED) is 0.883. The maximum Gasteiger partial charge on any atom is 0.274 e. The molecular formula is C18H26N4O3. The van der Waals surface area contributed by atoms with E-state index in [9.17, 15) is 9.59 Å². The van der Waals surface area contributed by atoms with Gasteiger partial charge >= 0.3 is 0 Å². The molecule has 0 unspecified atom stereocenters. The normalized spacial score (nSPS) is 27.7. The van der Waals surface area contributed by atoms with Crippen molar-refractivity contribution >= 4 is 11.8 Å². The Balaban J connectivity index is 1.44. The van der Waals surface area contributed by atoms with Gasteiger partial charge in [0.05, 0.1) is 17.9 Å². The molecule has 3 aliphatic rings. The Kier molecular flexibility index (Phi) is 4.27. The first-order valence-electron chi connectivity index (χ1n) is 9.36. The minimum Gasteiger partial charge on any atom is -0.369 e. The number of fused-ring (bicyclic) bond motifs is 1. The molecule has 7 heteroatoms. The van der Waals surface area contributed by atoms with Crippen LogP contribution in [-0.4, -0.2) is 63.6 Å². The Morgan fingerprint density at radius 3 is 2.68 bits per heavy atom. The van der Waals surface area contributed by atoms with Crippen molar-refractivity contribution in [2.45, 2.75) is 64.2 Å². The predicted octanol–water partition coefficient (Wildman–Crippen LogP) is 1.66. The average molecular weight is 346 g/mol. The van der Waals surface area contributed by atoms with Crippen LogP contribution in [0.5, 0.6) is 0 Å². The topological polar surface area (TPSA) is 78.5 Å². The number of nitrogens with zero attached hydrogens (tertiary/aromatic N) is 3. The number of ether oxygens (including phenoxy) is 1. The standard InChI is InChI=1S/C18H26N4O3/c1-11-10-14-16(12(2)25-11)19-20-17(14)18(24)21-8-5-13(6-9-21)22-7-3-4-15(22)23/h11-13H,3-10H2,1-2H3,(H,19,20)/t11-,12+/m1/s1. The van der Waals surface area contributed by atoms with Gasteiger partial charge in [0.25, 0.3) is 5.91 Å². The van der Waals surface area contributed by atoms with Crippen LogP contribution in [0.1, 0.15) is 67.4 Å². The molecule has 0 bridgehead atoms. The van der Waals surface area contributed by atoms with Crippen LogP contribution in [0.4, 0.5) is 0 Å². The number of amides is 2. The monoisotopic (exact) mass is 346 g/mol. The second-order valence-electron chi connectivity index (χ2n) is 7.47. The van der Waals surface area contributed by atoms with Crippen molar-refractivity contribution in [2.75, 3.05) is 19.6 Å². The van der Waals surface area contributed by atoms with E-state index in [0.717, 1.165) is 43.5 Å². The van der Waals surface area contributed by atoms with Crippen LogP contribution in [0.25, 0.3) is 0 Å². The van der Waals surface area contributed by atoms with E-state index in [1.165, 1.54) is 0 Å². The number of rotatable bonds is 2. The third-order valence-corrected chi connectivity index (χ3v) is 5.74. The highest BCUT2D eigenvalue weighted by Crippen LogP contribution is 2.31. The summed E-state index contributed by atoms with van der Waals surface area (Å²) in [5, 5.41) is 7.31. The number of likely N-dealkylation sites (tertiary alicyclic amines) is 2. The van der Waals surface area contributed by atoms with Gasteiger partial charge in [-0.2, -0.15) is 5.10 Å². The zero-order valence-corrected chi connectivity index (χ0v) is 15.0. The molecule has 2 atom stereocenters. The molecule has 1 aromatic rings. The van der Waals surface area contributed by atoms with Crippen molar-refractivity contribution in [3.05, 3.63) is 17.0 Å². The minimum absolute atomic E-state index is 0.00463. The molecule has 0 aromatic carbocycles. The van der Waals surface area contributed by atoms with Crippen molar-refractivity contribution in [1.29, 1.82) is 0 Å². The minimum atomic E-state index is -0.0558. The summed E-state index contributed by atoms with van der Waals surface area (Å²) in [5.74, 6) is 0.277. The lowest BCUT2D eigenvalue weighted by atomic mass is 9.98. The Hall–Kier alpha value is -1.89. The van der Waals surface area contributed by atoms with E-state index in [-0.39, 0.29) is 24.0 Å². The number of piperidine rings is 1. The SMILES string of the molecule is C[C@@H]1Cc2c(C(=O)N3CCC(N4CCCC4=O)CC3)n[nH]c2[C@H](C)O1. The highest BCUT2D eigenvalue weighted by molar-refractivity contribution is 5.94. The molecule has 25 heavy (non-hydrogen) atoms. The third kappa shape index (κ3) is 2.94. The second kappa shape index (κ2) is 6.44. The Bertz CT molecular complexity index is 678. The van der Waals surface area contributed by atoms with Crippen molar-refractivity contribution in [2.24, 2.45) is 0 Å². The summed E-state index contributed by atoms with van der Waals surface area (Å²) in [7, 11) is 0. The van der Waals surface area contributed by atoms with Crippen LogP contribution in [0.2, 0.25) is 0 Å². The number of aromatic amines is 1. The van der Waals surface area contributed by atoms with Gasteiger partial charge in [-0.1, -0.05) is 0 Å². The molecule has 0 radical (unpaired) electrons. The molecule has 136 valence electrons. The fraction of sp³-hybridized carbons (Fsp3) is 0.722. The number of hydrogen-bond donors (Lipinski definition) is 1. The summed E-state index contributed by atoms with van der Waals surface area (Å²) >= 11 is 0. The molecule has 0 saturated carbocycles. The zero-order valence-electron chi connectivity index (χ0n) is 15.0. The summed E-state index contributed by atoms with van der Waals surface area (Å²) < 4.78 is 5.80. The number of nitrogens with one attached hydrogen (secondary N) is 1. The second-order valence-corrected chi connectivity index (χ2v) is 7.47.